The first-order chi connectivity index (χ1) is 8.10. The first kappa shape index (κ1) is 13.3. The van der Waals surface area contributed by atoms with Crippen LogP contribution in [0.1, 0.15) is 39.5 Å². The second kappa shape index (κ2) is 5.25. The summed E-state index contributed by atoms with van der Waals surface area (Å²) in [4.78, 5) is 2.55. The molecule has 1 aliphatic heterocycles. The van der Waals surface area contributed by atoms with Crippen molar-refractivity contribution in [2.45, 2.75) is 51.1 Å². The summed E-state index contributed by atoms with van der Waals surface area (Å²) in [5.74, 6) is 1.56. The summed E-state index contributed by atoms with van der Waals surface area (Å²) >= 11 is 0. The van der Waals surface area contributed by atoms with Gasteiger partial charge in [0.15, 0.2) is 0 Å². The number of ether oxygens (including phenoxy) is 1. The molecule has 4 unspecified atom stereocenters. The SMILES string of the molecule is CC1CCC(CN)(N(C)C2CCOC2)C(C)C1. The minimum absolute atomic E-state index is 0.213. The largest absolute Gasteiger partial charge is 0.380 e. The van der Waals surface area contributed by atoms with Crippen molar-refractivity contribution in [3.05, 3.63) is 0 Å². The first-order valence-electron chi connectivity index (χ1n) is 7.11. The lowest BCUT2D eigenvalue weighted by molar-refractivity contribution is -0.0122. The quantitative estimate of drug-likeness (QED) is 0.818. The second-order valence-electron chi connectivity index (χ2n) is 6.22. The van der Waals surface area contributed by atoms with E-state index in [0.717, 1.165) is 25.7 Å². The smallest absolute Gasteiger partial charge is 0.0622 e. The van der Waals surface area contributed by atoms with Crippen molar-refractivity contribution in [2.75, 3.05) is 26.8 Å². The molecule has 4 atom stereocenters. The minimum Gasteiger partial charge on any atom is -0.380 e. The molecule has 2 N–H and O–H groups in total. The summed E-state index contributed by atoms with van der Waals surface area (Å²) in [7, 11) is 2.26. The molecule has 1 saturated carbocycles. The first-order valence-corrected chi connectivity index (χ1v) is 7.11. The van der Waals surface area contributed by atoms with Gasteiger partial charge in [-0.1, -0.05) is 13.8 Å². The maximum Gasteiger partial charge on any atom is 0.0622 e. The zero-order chi connectivity index (χ0) is 12.5. The number of nitrogens with two attached hydrogens (primary N) is 1. The van der Waals surface area contributed by atoms with Crippen LogP contribution in [-0.2, 0) is 4.74 Å². The highest BCUT2D eigenvalue weighted by Gasteiger charge is 2.44. The molecule has 1 heterocycles. The molecular formula is C14H28N2O. The Hall–Kier alpha value is -0.120. The average Bonchev–Trinajstić information content (AvgIpc) is 2.82. The molecule has 1 aliphatic carbocycles. The van der Waals surface area contributed by atoms with Gasteiger partial charge in [0.1, 0.15) is 0 Å². The highest BCUT2D eigenvalue weighted by atomic mass is 16.5. The van der Waals surface area contributed by atoms with Crippen molar-refractivity contribution in [1.29, 1.82) is 0 Å². The number of rotatable bonds is 3. The minimum atomic E-state index is 0.213. The Balaban J connectivity index is 2.11. The van der Waals surface area contributed by atoms with E-state index in [1.165, 1.54) is 25.7 Å². The van der Waals surface area contributed by atoms with Crippen LogP contribution < -0.4 is 5.73 Å². The molecule has 3 heteroatoms. The van der Waals surface area contributed by atoms with E-state index in [2.05, 4.69) is 25.8 Å². The highest BCUT2D eigenvalue weighted by molar-refractivity contribution is 5.00. The van der Waals surface area contributed by atoms with Crippen molar-refractivity contribution in [3.8, 4) is 0 Å². The highest BCUT2D eigenvalue weighted by Crippen LogP contribution is 2.41. The predicted molar refractivity (Wildman–Crippen MR) is 71.0 cm³/mol. The molecule has 2 fully saturated rings. The van der Waals surface area contributed by atoms with Crippen LogP contribution in [-0.4, -0.2) is 43.3 Å². The summed E-state index contributed by atoms with van der Waals surface area (Å²) in [6.07, 6.45) is 5.05. The van der Waals surface area contributed by atoms with Crippen LogP contribution in [0.2, 0.25) is 0 Å². The molecule has 1 saturated heterocycles. The van der Waals surface area contributed by atoms with Crippen molar-refractivity contribution in [2.24, 2.45) is 17.6 Å². The molecule has 0 bridgehead atoms. The van der Waals surface area contributed by atoms with E-state index < -0.39 is 0 Å². The lowest BCUT2D eigenvalue weighted by Gasteiger charge is -2.52. The van der Waals surface area contributed by atoms with Gasteiger partial charge in [0, 0.05) is 24.7 Å². The Bertz CT molecular complexity index is 253. The van der Waals surface area contributed by atoms with Crippen LogP contribution in [0, 0.1) is 11.8 Å². The third-order valence-electron chi connectivity index (χ3n) is 5.25. The number of likely N-dealkylation sites (N-methyl/N-ethyl adjacent to an activating group) is 1. The van der Waals surface area contributed by atoms with Gasteiger partial charge in [0.2, 0.25) is 0 Å². The lowest BCUT2D eigenvalue weighted by Crippen LogP contribution is -2.61. The van der Waals surface area contributed by atoms with Crippen molar-refractivity contribution in [3.63, 3.8) is 0 Å². The molecule has 2 aliphatic rings. The van der Waals surface area contributed by atoms with Gasteiger partial charge in [-0.05, 0) is 44.6 Å². The van der Waals surface area contributed by atoms with Gasteiger partial charge in [0.05, 0.1) is 6.61 Å². The van der Waals surface area contributed by atoms with Gasteiger partial charge < -0.3 is 10.5 Å². The van der Waals surface area contributed by atoms with Gasteiger partial charge in [0.25, 0.3) is 0 Å². The Kier molecular flexibility index (Phi) is 4.11. The zero-order valence-corrected chi connectivity index (χ0v) is 11.6. The van der Waals surface area contributed by atoms with E-state index in [0.29, 0.717) is 12.0 Å². The fraction of sp³-hybridized carbons (Fsp3) is 1.00. The molecule has 0 amide bonds. The monoisotopic (exact) mass is 240 g/mol. The Morgan fingerprint density at radius 1 is 1.35 bits per heavy atom. The van der Waals surface area contributed by atoms with Crippen LogP contribution in [0.5, 0.6) is 0 Å². The lowest BCUT2D eigenvalue weighted by atomic mass is 9.68. The van der Waals surface area contributed by atoms with Gasteiger partial charge in [-0.2, -0.15) is 0 Å². The normalized spacial score (nSPS) is 43.2. The van der Waals surface area contributed by atoms with Crippen LogP contribution in [0.3, 0.4) is 0 Å². The molecule has 0 aromatic rings. The summed E-state index contributed by atoms with van der Waals surface area (Å²) in [6.45, 7) is 7.35. The van der Waals surface area contributed by atoms with E-state index in [1.807, 2.05) is 0 Å². The summed E-state index contributed by atoms with van der Waals surface area (Å²) in [5.41, 5.74) is 6.37. The van der Waals surface area contributed by atoms with E-state index in [1.54, 1.807) is 0 Å². The number of hydrogen-bond acceptors (Lipinski definition) is 3. The van der Waals surface area contributed by atoms with Crippen LogP contribution in [0.25, 0.3) is 0 Å². The standard InChI is InChI=1S/C14H28N2O/c1-11-4-6-14(10-15,12(2)8-11)16(3)13-5-7-17-9-13/h11-13H,4-10,15H2,1-3H3. The molecule has 3 nitrogen and oxygen atoms in total. The van der Waals surface area contributed by atoms with Gasteiger partial charge in [-0.3, -0.25) is 4.90 Å². The van der Waals surface area contributed by atoms with Crippen LogP contribution >= 0.6 is 0 Å². The molecule has 0 radical (unpaired) electrons. The summed E-state index contributed by atoms with van der Waals surface area (Å²) < 4.78 is 5.53. The Morgan fingerprint density at radius 2 is 2.12 bits per heavy atom. The van der Waals surface area contributed by atoms with Crippen molar-refractivity contribution >= 4 is 0 Å². The maximum atomic E-state index is 6.16. The molecule has 0 aromatic carbocycles. The topological polar surface area (TPSA) is 38.5 Å². The summed E-state index contributed by atoms with van der Waals surface area (Å²) in [5, 5.41) is 0. The van der Waals surface area contributed by atoms with E-state index in [-0.39, 0.29) is 5.54 Å². The van der Waals surface area contributed by atoms with E-state index >= 15 is 0 Å². The van der Waals surface area contributed by atoms with Gasteiger partial charge >= 0.3 is 0 Å². The molecule has 17 heavy (non-hydrogen) atoms. The third kappa shape index (κ3) is 2.38. The van der Waals surface area contributed by atoms with E-state index in [4.69, 9.17) is 10.5 Å². The van der Waals surface area contributed by atoms with Crippen molar-refractivity contribution < 1.29 is 4.74 Å². The average molecular weight is 240 g/mol. The van der Waals surface area contributed by atoms with Crippen LogP contribution in [0.4, 0.5) is 0 Å². The fourth-order valence-electron chi connectivity index (χ4n) is 3.85. The predicted octanol–water partition coefficient (Wildman–Crippen LogP) is 1.86. The summed E-state index contributed by atoms with van der Waals surface area (Å²) in [6, 6.07) is 0.578. The maximum absolute atomic E-state index is 6.16. The molecular weight excluding hydrogens is 212 g/mol. The molecule has 2 rings (SSSR count). The fourth-order valence-corrected chi connectivity index (χ4v) is 3.85. The second-order valence-corrected chi connectivity index (χ2v) is 6.22. The molecule has 0 spiro atoms. The Labute approximate surface area is 106 Å². The molecule has 0 aromatic heterocycles. The van der Waals surface area contributed by atoms with Crippen LogP contribution in [0.15, 0.2) is 0 Å². The van der Waals surface area contributed by atoms with Gasteiger partial charge in [-0.15, -0.1) is 0 Å². The van der Waals surface area contributed by atoms with E-state index in [9.17, 15) is 0 Å². The van der Waals surface area contributed by atoms with Gasteiger partial charge in [-0.25, -0.2) is 0 Å². The van der Waals surface area contributed by atoms with Crippen molar-refractivity contribution in [1.82, 2.24) is 4.90 Å². The number of nitrogens with zero attached hydrogens (tertiary/aromatic N) is 1. The third-order valence-corrected chi connectivity index (χ3v) is 5.25. The number of hydrogen-bond donors (Lipinski definition) is 1. The molecule has 100 valence electrons. The Morgan fingerprint density at radius 3 is 2.65 bits per heavy atom. The zero-order valence-electron chi connectivity index (χ0n) is 11.6.